The molecule has 2 rings (SSSR count). The number of benzene rings is 1. The van der Waals surface area contributed by atoms with Crippen LogP contribution in [0.1, 0.15) is 12.5 Å². The van der Waals surface area contributed by atoms with Crippen molar-refractivity contribution in [2.24, 2.45) is 5.84 Å². The monoisotopic (exact) mass is 239 g/mol. The van der Waals surface area contributed by atoms with E-state index < -0.39 is 5.82 Å². The highest BCUT2D eigenvalue weighted by atomic mass is 35.5. The van der Waals surface area contributed by atoms with Crippen LogP contribution in [0.2, 0.25) is 5.02 Å². The highest BCUT2D eigenvalue weighted by Crippen LogP contribution is 2.25. The average Bonchev–Trinajstić information content (AvgIpc) is 2.29. The average molecular weight is 240 g/mol. The minimum atomic E-state index is -0.478. The molecule has 0 unspecified atom stereocenters. The molecular weight excluding hydrogens is 229 g/mol. The van der Waals surface area contributed by atoms with E-state index in [-0.39, 0.29) is 5.02 Å². The van der Waals surface area contributed by atoms with Crippen molar-refractivity contribution in [1.82, 2.24) is 4.98 Å². The first-order valence-electron chi connectivity index (χ1n) is 4.91. The summed E-state index contributed by atoms with van der Waals surface area (Å²) >= 11 is 5.71. The highest BCUT2D eigenvalue weighted by Gasteiger charge is 2.07. The number of fused-ring (bicyclic) bond motifs is 1. The summed E-state index contributed by atoms with van der Waals surface area (Å²) in [6, 6.07) is 4.78. The van der Waals surface area contributed by atoms with E-state index in [1.807, 2.05) is 13.0 Å². The van der Waals surface area contributed by atoms with E-state index in [0.717, 1.165) is 17.4 Å². The van der Waals surface area contributed by atoms with Crippen molar-refractivity contribution in [3.63, 3.8) is 0 Å². The van der Waals surface area contributed by atoms with Gasteiger partial charge in [0.05, 0.1) is 10.5 Å². The van der Waals surface area contributed by atoms with Crippen LogP contribution in [0.4, 0.5) is 10.2 Å². The second kappa shape index (κ2) is 4.23. The zero-order valence-corrected chi connectivity index (χ0v) is 9.48. The van der Waals surface area contributed by atoms with Gasteiger partial charge in [0.2, 0.25) is 0 Å². The Hall–Kier alpha value is -1.39. The summed E-state index contributed by atoms with van der Waals surface area (Å²) in [5, 5.41) is 0.909. The van der Waals surface area contributed by atoms with Gasteiger partial charge < -0.3 is 5.43 Å². The fraction of sp³-hybridized carbons (Fsp3) is 0.182. The molecule has 3 nitrogen and oxygen atoms in total. The van der Waals surface area contributed by atoms with Crippen LogP contribution in [-0.2, 0) is 6.42 Å². The van der Waals surface area contributed by atoms with E-state index in [9.17, 15) is 4.39 Å². The quantitative estimate of drug-likeness (QED) is 0.626. The summed E-state index contributed by atoms with van der Waals surface area (Å²) in [5.41, 5.74) is 4.01. The first-order chi connectivity index (χ1) is 7.65. The molecule has 0 saturated heterocycles. The molecule has 0 saturated carbocycles. The maximum Gasteiger partial charge on any atom is 0.143 e. The number of hydrazine groups is 1. The Bertz CT molecular complexity index is 494. The summed E-state index contributed by atoms with van der Waals surface area (Å²) in [4.78, 5) is 4.23. The van der Waals surface area contributed by atoms with Crippen LogP contribution in [-0.4, -0.2) is 4.98 Å². The SMILES string of the molecule is CCc1cc2cc(Cl)c(F)cc2nc1NN. The van der Waals surface area contributed by atoms with Crippen molar-refractivity contribution in [2.75, 3.05) is 5.43 Å². The number of hydrogen-bond acceptors (Lipinski definition) is 3. The van der Waals surface area contributed by atoms with Gasteiger partial charge in [-0.2, -0.15) is 0 Å². The third-order valence-electron chi connectivity index (χ3n) is 2.45. The number of nitrogens with zero attached hydrogens (tertiary/aromatic N) is 1. The minimum Gasteiger partial charge on any atom is -0.308 e. The lowest BCUT2D eigenvalue weighted by Gasteiger charge is -2.08. The Morgan fingerprint density at radius 3 is 2.81 bits per heavy atom. The van der Waals surface area contributed by atoms with E-state index in [0.29, 0.717) is 11.3 Å². The summed E-state index contributed by atoms with van der Waals surface area (Å²) in [6.45, 7) is 1.99. The number of nitrogen functional groups attached to an aromatic ring is 1. The summed E-state index contributed by atoms with van der Waals surface area (Å²) in [5.74, 6) is 5.44. The van der Waals surface area contributed by atoms with Crippen molar-refractivity contribution < 1.29 is 4.39 Å². The van der Waals surface area contributed by atoms with Gasteiger partial charge >= 0.3 is 0 Å². The van der Waals surface area contributed by atoms with Gasteiger partial charge in [0.15, 0.2) is 0 Å². The minimum absolute atomic E-state index is 0.102. The van der Waals surface area contributed by atoms with Crippen molar-refractivity contribution in [3.05, 3.63) is 34.6 Å². The van der Waals surface area contributed by atoms with Gasteiger partial charge in [0.1, 0.15) is 11.6 Å². The van der Waals surface area contributed by atoms with E-state index in [4.69, 9.17) is 17.4 Å². The molecule has 2 aromatic rings. The van der Waals surface area contributed by atoms with Crippen molar-refractivity contribution >= 4 is 28.3 Å². The van der Waals surface area contributed by atoms with Gasteiger partial charge in [-0.1, -0.05) is 18.5 Å². The fourth-order valence-corrected chi connectivity index (χ4v) is 1.78. The maximum atomic E-state index is 13.2. The van der Waals surface area contributed by atoms with E-state index >= 15 is 0 Å². The van der Waals surface area contributed by atoms with Crippen molar-refractivity contribution in [1.29, 1.82) is 0 Å². The molecule has 0 bridgehead atoms. The third-order valence-corrected chi connectivity index (χ3v) is 2.74. The van der Waals surface area contributed by atoms with Crippen LogP contribution >= 0.6 is 11.6 Å². The molecule has 0 amide bonds. The summed E-state index contributed by atoms with van der Waals surface area (Å²) in [7, 11) is 0. The Balaban J connectivity index is 2.73. The first-order valence-corrected chi connectivity index (χ1v) is 5.28. The van der Waals surface area contributed by atoms with Crippen LogP contribution in [0.3, 0.4) is 0 Å². The second-order valence-electron chi connectivity index (χ2n) is 3.45. The number of aromatic nitrogens is 1. The highest BCUT2D eigenvalue weighted by molar-refractivity contribution is 6.31. The number of hydrogen-bond donors (Lipinski definition) is 2. The molecule has 0 spiro atoms. The van der Waals surface area contributed by atoms with Gasteiger partial charge in [-0.05, 0) is 24.1 Å². The maximum absolute atomic E-state index is 13.2. The smallest absolute Gasteiger partial charge is 0.143 e. The molecule has 3 N–H and O–H groups in total. The second-order valence-corrected chi connectivity index (χ2v) is 3.86. The normalized spacial score (nSPS) is 10.8. The lowest BCUT2D eigenvalue weighted by molar-refractivity contribution is 0.630. The Morgan fingerprint density at radius 1 is 1.44 bits per heavy atom. The Morgan fingerprint density at radius 2 is 2.19 bits per heavy atom. The zero-order valence-electron chi connectivity index (χ0n) is 8.72. The molecule has 1 aromatic carbocycles. The predicted octanol–water partition coefficient (Wildman–Crippen LogP) is 2.88. The number of rotatable bonds is 2. The summed E-state index contributed by atoms with van der Waals surface area (Å²) < 4.78 is 13.2. The standard InChI is InChI=1S/C11H11ClFN3/c1-2-6-3-7-4-8(12)9(13)5-10(7)15-11(6)16-14/h3-5H,2,14H2,1H3,(H,15,16). The van der Waals surface area contributed by atoms with Crippen LogP contribution in [0, 0.1) is 5.82 Å². The van der Waals surface area contributed by atoms with Gasteiger partial charge in [-0.3, -0.25) is 0 Å². The molecular formula is C11H11ClFN3. The molecule has 0 aliphatic rings. The molecule has 84 valence electrons. The van der Waals surface area contributed by atoms with Crippen LogP contribution in [0.25, 0.3) is 10.9 Å². The van der Waals surface area contributed by atoms with E-state index in [2.05, 4.69) is 10.4 Å². The topological polar surface area (TPSA) is 50.9 Å². The molecule has 5 heteroatoms. The van der Waals surface area contributed by atoms with Gasteiger partial charge in [0.25, 0.3) is 0 Å². The van der Waals surface area contributed by atoms with Crippen molar-refractivity contribution in [3.8, 4) is 0 Å². The number of nitrogens with one attached hydrogen (secondary N) is 1. The lowest BCUT2D eigenvalue weighted by Crippen LogP contribution is -2.11. The molecule has 0 aliphatic carbocycles. The first kappa shape index (κ1) is 11.1. The van der Waals surface area contributed by atoms with E-state index in [1.54, 1.807) is 6.07 Å². The molecule has 0 fully saturated rings. The summed E-state index contributed by atoms with van der Waals surface area (Å²) in [6.07, 6.45) is 0.789. The van der Waals surface area contributed by atoms with Gasteiger partial charge in [-0.25, -0.2) is 15.2 Å². The number of aryl methyl sites for hydroxylation is 1. The molecule has 1 aromatic heterocycles. The van der Waals surface area contributed by atoms with Crippen LogP contribution < -0.4 is 11.3 Å². The van der Waals surface area contributed by atoms with E-state index in [1.165, 1.54) is 6.07 Å². The molecule has 0 atom stereocenters. The van der Waals surface area contributed by atoms with Gasteiger partial charge in [0, 0.05) is 11.5 Å². The Labute approximate surface area is 97.4 Å². The zero-order chi connectivity index (χ0) is 11.7. The lowest BCUT2D eigenvalue weighted by atomic mass is 10.1. The molecule has 0 radical (unpaired) electrons. The molecule has 1 heterocycles. The predicted molar refractivity (Wildman–Crippen MR) is 63.9 cm³/mol. The largest absolute Gasteiger partial charge is 0.308 e. The van der Waals surface area contributed by atoms with Crippen LogP contribution in [0.15, 0.2) is 18.2 Å². The van der Waals surface area contributed by atoms with Gasteiger partial charge in [-0.15, -0.1) is 0 Å². The fourth-order valence-electron chi connectivity index (χ4n) is 1.61. The van der Waals surface area contributed by atoms with Crippen molar-refractivity contribution in [2.45, 2.75) is 13.3 Å². The number of nitrogens with two attached hydrogens (primary N) is 1. The molecule has 0 aliphatic heterocycles. The van der Waals surface area contributed by atoms with Crippen LogP contribution in [0.5, 0.6) is 0 Å². The molecule has 16 heavy (non-hydrogen) atoms. The Kier molecular flexibility index (Phi) is 2.94. The number of anilines is 1. The number of pyridine rings is 1. The number of halogens is 2. The third kappa shape index (κ3) is 1.81.